The van der Waals surface area contributed by atoms with Crippen LogP contribution in [0.15, 0.2) is 27.6 Å². The molecular formula is C21H29Cl2N5O. The lowest BCUT2D eigenvalue weighted by molar-refractivity contribution is 0.164. The molecule has 2 heterocycles. The molecule has 1 fully saturated rings. The lowest BCUT2D eigenvalue weighted by atomic mass is 9.97. The lowest BCUT2D eigenvalue weighted by Gasteiger charge is -2.31. The molecule has 0 aliphatic carbocycles. The van der Waals surface area contributed by atoms with Crippen LogP contribution >= 0.6 is 23.2 Å². The molecule has 1 saturated heterocycles. The van der Waals surface area contributed by atoms with Crippen molar-refractivity contribution in [1.29, 1.82) is 0 Å². The van der Waals surface area contributed by atoms with E-state index in [1.807, 2.05) is 26.0 Å². The third-order valence-electron chi connectivity index (χ3n) is 5.38. The lowest BCUT2D eigenvalue weighted by Crippen LogP contribution is -2.42. The summed E-state index contributed by atoms with van der Waals surface area (Å²) in [7, 11) is 1.78. The minimum Gasteiger partial charge on any atom is -0.444 e. The first-order valence-electron chi connectivity index (χ1n) is 9.98. The van der Waals surface area contributed by atoms with Crippen molar-refractivity contribution in [3.05, 3.63) is 51.2 Å². The molecular weight excluding hydrogens is 409 g/mol. The number of aliphatic imine (C=N–C) groups is 1. The summed E-state index contributed by atoms with van der Waals surface area (Å²) in [6.45, 7) is 8.36. The number of halogens is 2. The number of benzene rings is 1. The van der Waals surface area contributed by atoms with Gasteiger partial charge in [-0.25, -0.2) is 4.98 Å². The molecule has 0 radical (unpaired) electrons. The molecule has 2 N–H and O–H groups in total. The number of hydrogen-bond acceptors (Lipinski definition) is 4. The van der Waals surface area contributed by atoms with Crippen molar-refractivity contribution in [1.82, 2.24) is 20.5 Å². The summed E-state index contributed by atoms with van der Waals surface area (Å²) in [4.78, 5) is 11.2. The van der Waals surface area contributed by atoms with Crippen molar-refractivity contribution in [2.24, 2.45) is 10.9 Å². The Labute approximate surface area is 182 Å². The second kappa shape index (κ2) is 10.3. The highest BCUT2D eigenvalue weighted by atomic mass is 35.5. The molecule has 2 aromatic rings. The number of likely N-dealkylation sites (tertiary alicyclic amines) is 1. The number of nitrogens with one attached hydrogen (secondary N) is 2. The zero-order valence-electron chi connectivity index (χ0n) is 17.3. The molecule has 8 heteroatoms. The molecule has 1 aromatic heterocycles. The van der Waals surface area contributed by atoms with E-state index < -0.39 is 0 Å². The zero-order chi connectivity index (χ0) is 20.8. The summed E-state index contributed by atoms with van der Waals surface area (Å²) < 4.78 is 5.71. The number of aromatic nitrogens is 1. The van der Waals surface area contributed by atoms with Crippen molar-refractivity contribution in [2.45, 2.75) is 39.8 Å². The van der Waals surface area contributed by atoms with Crippen LogP contribution in [0.4, 0.5) is 0 Å². The third kappa shape index (κ3) is 6.36. The quantitative estimate of drug-likeness (QED) is 0.524. The second-order valence-corrected chi connectivity index (χ2v) is 8.35. The minimum atomic E-state index is 0.600. The molecule has 0 spiro atoms. The molecule has 1 aromatic carbocycles. The fraction of sp³-hybridized carbons (Fsp3) is 0.524. The highest BCUT2D eigenvalue weighted by Crippen LogP contribution is 2.21. The summed E-state index contributed by atoms with van der Waals surface area (Å²) in [5, 5.41) is 8.05. The maximum Gasteiger partial charge on any atom is 0.208 e. The monoisotopic (exact) mass is 437 g/mol. The Morgan fingerprint density at radius 3 is 2.62 bits per heavy atom. The first kappa shape index (κ1) is 21.9. The van der Waals surface area contributed by atoms with E-state index in [-0.39, 0.29) is 0 Å². The third-order valence-corrected chi connectivity index (χ3v) is 5.97. The average Bonchev–Trinajstić information content (AvgIpc) is 3.01. The predicted molar refractivity (Wildman–Crippen MR) is 119 cm³/mol. The fourth-order valence-electron chi connectivity index (χ4n) is 3.45. The number of piperidine rings is 1. The number of rotatable bonds is 6. The van der Waals surface area contributed by atoms with Gasteiger partial charge in [0.2, 0.25) is 5.89 Å². The Morgan fingerprint density at radius 2 is 2.00 bits per heavy atom. The number of guanidine groups is 1. The molecule has 6 nitrogen and oxygen atoms in total. The summed E-state index contributed by atoms with van der Waals surface area (Å²) in [5.74, 6) is 3.14. The van der Waals surface area contributed by atoms with Crippen LogP contribution in [0.25, 0.3) is 0 Å². The maximum absolute atomic E-state index is 6.24. The molecule has 3 rings (SSSR count). The minimum absolute atomic E-state index is 0.600. The van der Waals surface area contributed by atoms with Crippen LogP contribution < -0.4 is 10.6 Å². The average molecular weight is 438 g/mol. The van der Waals surface area contributed by atoms with E-state index in [0.29, 0.717) is 22.5 Å². The van der Waals surface area contributed by atoms with E-state index in [9.17, 15) is 0 Å². The number of aryl methyl sites for hydroxylation is 2. The first-order chi connectivity index (χ1) is 13.9. The summed E-state index contributed by atoms with van der Waals surface area (Å²) in [5.41, 5.74) is 1.97. The van der Waals surface area contributed by atoms with Crippen molar-refractivity contribution < 1.29 is 4.42 Å². The van der Waals surface area contributed by atoms with Crippen LogP contribution in [0, 0.1) is 19.8 Å². The number of oxazole rings is 1. The van der Waals surface area contributed by atoms with Crippen molar-refractivity contribution in [2.75, 3.05) is 26.7 Å². The molecule has 0 unspecified atom stereocenters. The van der Waals surface area contributed by atoms with Crippen molar-refractivity contribution in [3.8, 4) is 0 Å². The summed E-state index contributed by atoms with van der Waals surface area (Å²) >= 11 is 12.2. The van der Waals surface area contributed by atoms with Gasteiger partial charge >= 0.3 is 0 Å². The molecule has 0 bridgehead atoms. The Balaban J connectivity index is 1.39. The fourth-order valence-corrected chi connectivity index (χ4v) is 3.93. The smallest absolute Gasteiger partial charge is 0.208 e. The highest BCUT2D eigenvalue weighted by Gasteiger charge is 2.21. The van der Waals surface area contributed by atoms with Gasteiger partial charge in [0.25, 0.3) is 0 Å². The van der Waals surface area contributed by atoms with Gasteiger partial charge in [-0.1, -0.05) is 29.3 Å². The Hall–Kier alpha value is -1.76. The van der Waals surface area contributed by atoms with Gasteiger partial charge in [-0.3, -0.25) is 9.89 Å². The molecule has 158 valence electrons. The molecule has 1 aliphatic rings. The van der Waals surface area contributed by atoms with Crippen LogP contribution in [-0.4, -0.2) is 42.5 Å². The molecule has 0 amide bonds. The van der Waals surface area contributed by atoms with E-state index in [2.05, 4.69) is 25.5 Å². The topological polar surface area (TPSA) is 65.7 Å². The van der Waals surface area contributed by atoms with Crippen molar-refractivity contribution >= 4 is 29.2 Å². The maximum atomic E-state index is 6.24. The second-order valence-electron chi connectivity index (χ2n) is 7.51. The Morgan fingerprint density at radius 1 is 1.24 bits per heavy atom. The van der Waals surface area contributed by atoms with Gasteiger partial charge in [0.1, 0.15) is 5.76 Å². The van der Waals surface area contributed by atoms with Gasteiger partial charge in [-0.15, -0.1) is 0 Å². The van der Waals surface area contributed by atoms with Crippen LogP contribution in [-0.2, 0) is 13.1 Å². The predicted octanol–water partition coefficient (Wildman–Crippen LogP) is 4.18. The number of hydrogen-bond donors (Lipinski definition) is 2. The van der Waals surface area contributed by atoms with Gasteiger partial charge in [0.15, 0.2) is 5.96 Å². The van der Waals surface area contributed by atoms with Gasteiger partial charge in [0, 0.05) is 30.2 Å². The van der Waals surface area contributed by atoms with Gasteiger partial charge in [-0.2, -0.15) is 0 Å². The summed E-state index contributed by atoms with van der Waals surface area (Å²) in [6, 6.07) is 5.53. The largest absolute Gasteiger partial charge is 0.444 e. The van der Waals surface area contributed by atoms with Crippen molar-refractivity contribution in [3.63, 3.8) is 0 Å². The van der Waals surface area contributed by atoms with E-state index in [0.717, 1.165) is 67.9 Å². The molecule has 1 aliphatic heterocycles. The van der Waals surface area contributed by atoms with Gasteiger partial charge < -0.3 is 15.1 Å². The van der Waals surface area contributed by atoms with Gasteiger partial charge in [-0.05, 0) is 63.4 Å². The molecule has 0 atom stereocenters. The Kier molecular flexibility index (Phi) is 7.81. The number of nitrogens with zero attached hydrogens (tertiary/aromatic N) is 3. The first-order valence-corrected chi connectivity index (χ1v) is 10.7. The van der Waals surface area contributed by atoms with Crippen LogP contribution in [0.1, 0.15) is 35.7 Å². The summed E-state index contributed by atoms with van der Waals surface area (Å²) in [6.07, 6.45) is 2.29. The SMILES string of the molecule is CN=C(NCc1ccc(Cl)cc1Cl)NCC1CCN(Cc2nc(C)c(C)o2)CC1. The Bertz CT molecular complexity index is 824. The van der Waals surface area contributed by atoms with Crippen LogP contribution in [0.2, 0.25) is 10.0 Å². The highest BCUT2D eigenvalue weighted by molar-refractivity contribution is 6.35. The standard InChI is InChI=1S/C21H29Cl2N5O/c1-14-15(2)29-20(27-14)13-28-8-6-16(7-9-28)11-25-21(24-3)26-12-17-4-5-18(22)10-19(17)23/h4-5,10,16H,6-9,11-13H2,1-3H3,(H2,24,25,26). The normalized spacial score (nSPS) is 16.2. The molecule has 0 saturated carbocycles. The van der Waals surface area contributed by atoms with E-state index in [1.165, 1.54) is 0 Å². The molecule has 29 heavy (non-hydrogen) atoms. The van der Waals surface area contributed by atoms with E-state index in [4.69, 9.17) is 27.6 Å². The van der Waals surface area contributed by atoms with Crippen LogP contribution in [0.5, 0.6) is 0 Å². The van der Waals surface area contributed by atoms with Gasteiger partial charge in [0.05, 0.1) is 12.2 Å². The van der Waals surface area contributed by atoms with E-state index in [1.54, 1.807) is 13.1 Å². The zero-order valence-corrected chi connectivity index (χ0v) is 18.8. The van der Waals surface area contributed by atoms with E-state index >= 15 is 0 Å². The van der Waals surface area contributed by atoms with Crippen LogP contribution in [0.3, 0.4) is 0 Å².